The van der Waals surface area contributed by atoms with Crippen LogP contribution >= 0.6 is 0 Å². The van der Waals surface area contributed by atoms with Crippen LogP contribution in [0.1, 0.15) is 19.8 Å². The summed E-state index contributed by atoms with van der Waals surface area (Å²) >= 11 is 0. The second kappa shape index (κ2) is 9.44. The van der Waals surface area contributed by atoms with E-state index in [1.54, 1.807) is 0 Å². The molecule has 11 nitrogen and oxygen atoms in total. The van der Waals surface area contributed by atoms with E-state index in [0.717, 1.165) is 38.1 Å². The van der Waals surface area contributed by atoms with Crippen molar-refractivity contribution < 1.29 is 27.5 Å². The number of piperazine rings is 1. The van der Waals surface area contributed by atoms with E-state index in [4.69, 9.17) is 0 Å². The third-order valence-electron chi connectivity index (χ3n) is 5.97. The van der Waals surface area contributed by atoms with E-state index in [9.17, 15) is 27.6 Å². The van der Waals surface area contributed by atoms with Crippen molar-refractivity contribution in [3.05, 3.63) is 34.7 Å². The van der Waals surface area contributed by atoms with Crippen molar-refractivity contribution in [1.82, 2.24) is 34.5 Å². The highest BCUT2D eigenvalue weighted by Crippen LogP contribution is 2.24. The number of carbonyl (C=O) groups is 2. The van der Waals surface area contributed by atoms with Gasteiger partial charge < -0.3 is 14.5 Å². The van der Waals surface area contributed by atoms with E-state index < -0.39 is 23.8 Å². The van der Waals surface area contributed by atoms with Crippen LogP contribution in [0.15, 0.2) is 29.1 Å². The first-order valence-electron chi connectivity index (χ1n) is 10.9. The molecule has 3 heterocycles. The van der Waals surface area contributed by atoms with Gasteiger partial charge in [0.25, 0.3) is 0 Å². The maximum atomic E-state index is 12.8. The maximum absolute atomic E-state index is 12.8. The van der Waals surface area contributed by atoms with E-state index in [1.807, 2.05) is 16.7 Å². The van der Waals surface area contributed by atoms with Crippen LogP contribution in [0.5, 0.6) is 5.75 Å². The summed E-state index contributed by atoms with van der Waals surface area (Å²) in [5.74, 6) is -0.459. The van der Waals surface area contributed by atoms with Gasteiger partial charge in [-0.15, -0.1) is 17.9 Å². The summed E-state index contributed by atoms with van der Waals surface area (Å²) in [4.78, 5) is 43.4. The maximum Gasteiger partial charge on any atom is 0.573 e. The molecule has 2 aliphatic heterocycles. The SMILES string of the molecule is CC(C(=O)N1CCCC1)N1CCN(C(=O)n2nnn(-c3cccc(OC(F)(F)F)c3)c2=O)CC1. The highest BCUT2D eigenvalue weighted by Gasteiger charge is 2.33. The number of amides is 2. The molecule has 0 aliphatic carbocycles. The molecule has 0 saturated carbocycles. The Morgan fingerprint density at radius 3 is 2.32 bits per heavy atom. The first-order chi connectivity index (χ1) is 16.1. The highest BCUT2D eigenvalue weighted by molar-refractivity contribution is 5.81. The van der Waals surface area contributed by atoms with Gasteiger partial charge in [0.05, 0.1) is 11.7 Å². The number of nitrogens with zero attached hydrogens (tertiary/aromatic N) is 7. The molecule has 1 atom stereocenters. The lowest BCUT2D eigenvalue weighted by Crippen LogP contribution is -2.56. The van der Waals surface area contributed by atoms with Gasteiger partial charge in [-0.25, -0.2) is 9.59 Å². The Morgan fingerprint density at radius 2 is 1.68 bits per heavy atom. The number of rotatable bonds is 4. The van der Waals surface area contributed by atoms with E-state index in [1.165, 1.54) is 17.0 Å². The Kier molecular flexibility index (Phi) is 6.59. The number of halogens is 3. The molecule has 0 radical (unpaired) electrons. The van der Waals surface area contributed by atoms with Crippen LogP contribution in [-0.2, 0) is 4.79 Å². The van der Waals surface area contributed by atoms with Crippen LogP contribution in [0.2, 0.25) is 0 Å². The predicted molar refractivity (Wildman–Crippen MR) is 112 cm³/mol. The Balaban J connectivity index is 1.41. The average molecular weight is 483 g/mol. The van der Waals surface area contributed by atoms with Gasteiger partial charge in [-0.2, -0.15) is 4.68 Å². The minimum absolute atomic E-state index is 0.0372. The Morgan fingerprint density at radius 1 is 1.00 bits per heavy atom. The number of carbonyl (C=O) groups excluding carboxylic acids is 2. The van der Waals surface area contributed by atoms with Gasteiger partial charge in [0.2, 0.25) is 5.91 Å². The van der Waals surface area contributed by atoms with Crippen molar-refractivity contribution in [2.45, 2.75) is 32.2 Å². The number of ether oxygens (including phenoxy) is 1. The monoisotopic (exact) mass is 483 g/mol. The van der Waals surface area contributed by atoms with Crippen molar-refractivity contribution in [2.75, 3.05) is 39.3 Å². The summed E-state index contributed by atoms with van der Waals surface area (Å²) in [6.45, 7) is 4.86. The van der Waals surface area contributed by atoms with E-state index >= 15 is 0 Å². The fourth-order valence-electron chi connectivity index (χ4n) is 4.13. The number of hydrogen-bond acceptors (Lipinski definition) is 7. The van der Waals surface area contributed by atoms with Crippen molar-refractivity contribution in [1.29, 1.82) is 0 Å². The fraction of sp³-hybridized carbons (Fsp3) is 0.550. The van der Waals surface area contributed by atoms with Gasteiger partial charge in [-0.05, 0) is 42.3 Å². The number of likely N-dealkylation sites (tertiary alicyclic amines) is 1. The van der Waals surface area contributed by atoms with Crippen LogP contribution in [-0.4, -0.2) is 98.1 Å². The lowest BCUT2D eigenvalue weighted by molar-refractivity contribution is -0.274. The molecule has 2 aromatic rings. The summed E-state index contributed by atoms with van der Waals surface area (Å²) in [5, 5.41) is 7.22. The van der Waals surface area contributed by atoms with Crippen molar-refractivity contribution in [3.63, 3.8) is 0 Å². The number of tetrazole rings is 1. The van der Waals surface area contributed by atoms with Crippen molar-refractivity contribution in [3.8, 4) is 11.4 Å². The standard InChI is InChI=1S/C20H24F3N7O4/c1-14(17(31)27-7-2-3-8-27)26-9-11-28(12-10-26)18(32)30-19(33)29(24-25-30)15-5-4-6-16(13-15)34-20(21,22)23/h4-6,13-14H,2-3,7-12H2,1H3. The van der Waals surface area contributed by atoms with Crippen molar-refractivity contribution >= 4 is 11.9 Å². The minimum Gasteiger partial charge on any atom is -0.406 e. The van der Waals surface area contributed by atoms with Crippen LogP contribution < -0.4 is 10.4 Å². The summed E-state index contributed by atoms with van der Waals surface area (Å²) in [6.07, 6.45) is -2.87. The largest absolute Gasteiger partial charge is 0.573 e. The molecule has 2 fully saturated rings. The Bertz CT molecular complexity index is 1100. The van der Waals surface area contributed by atoms with Gasteiger partial charge in [0, 0.05) is 45.3 Å². The number of aromatic nitrogens is 4. The summed E-state index contributed by atoms with van der Waals surface area (Å²) < 4.78 is 42.6. The summed E-state index contributed by atoms with van der Waals surface area (Å²) in [6, 6.07) is 3.64. The number of hydrogen-bond donors (Lipinski definition) is 0. The zero-order valence-corrected chi connectivity index (χ0v) is 18.4. The average Bonchev–Trinajstić information content (AvgIpc) is 3.47. The molecule has 1 unspecified atom stereocenters. The second-order valence-corrected chi connectivity index (χ2v) is 8.14. The molecular weight excluding hydrogens is 459 g/mol. The number of alkyl halides is 3. The van der Waals surface area contributed by atoms with Gasteiger partial charge >= 0.3 is 18.1 Å². The van der Waals surface area contributed by atoms with Gasteiger partial charge in [-0.3, -0.25) is 9.69 Å². The molecule has 1 aromatic carbocycles. The molecular formula is C20H24F3N7O4. The van der Waals surface area contributed by atoms with Gasteiger partial charge in [-0.1, -0.05) is 6.07 Å². The molecule has 34 heavy (non-hydrogen) atoms. The molecule has 2 amide bonds. The molecule has 14 heteroatoms. The third-order valence-corrected chi connectivity index (χ3v) is 5.97. The predicted octanol–water partition coefficient (Wildman–Crippen LogP) is 0.924. The molecule has 0 N–H and O–H groups in total. The van der Waals surface area contributed by atoms with Crippen LogP contribution in [0.25, 0.3) is 5.69 Å². The Hall–Kier alpha value is -3.42. The van der Waals surface area contributed by atoms with Crippen LogP contribution in [0.3, 0.4) is 0 Å². The lowest BCUT2D eigenvalue weighted by Gasteiger charge is -2.38. The first-order valence-corrected chi connectivity index (χ1v) is 10.9. The molecule has 0 spiro atoms. The highest BCUT2D eigenvalue weighted by atomic mass is 19.4. The Labute approximate surface area is 192 Å². The van der Waals surface area contributed by atoms with E-state index in [0.29, 0.717) is 22.5 Å². The molecule has 0 bridgehead atoms. The van der Waals surface area contributed by atoms with E-state index in [-0.39, 0.29) is 30.7 Å². The van der Waals surface area contributed by atoms with Gasteiger partial charge in [0.1, 0.15) is 5.75 Å². The zero-order chi connectivity index (χ0) is 24.5. The third kappa shape index (κ3) is 5.05. The normalized spacial score (nSPS) is 18.2. The lowest BCUT2D eigenvalue weighted by atomic mass is 10.2. The molecule has 4 rings (SSSR count). The summed E-state index contributed by atoms with van der Waals surface area (Å²) in [7, 11) is 0. The molecule has 2 saturated heterocycles. The first kappa shape index (κ1) is 23.7. The smallest absolute Gasteiger partial charge is 0.406 e. The summed E-state index contributed by atoms with van der Waals surface area (Å²) in [5.41, 5.74) is -0.959. The van der Waals surface area contributed by atoms with Crippen LogP contribution in [0, 0.1) is 0 Å². The van der Waals surface area contributed by atoms with Gasteiger partial charge in [0.15, 0.2) is 0 Å². The zero-order valence-electron chi connectivity index (χ0n) is 18.4. The second-order valence-electron chi connectivity index (χ2n) is 8.14. The van der Waals surface area contributed by atoms with Crippen molar-refractivity contribution in [2.24, 2.45) is 0 Å². The fourth-order valence-corrected chi connectivity index (χ4v) is 4.13. The molecule has 184 valence electrons. The molecule has 1 aromatic heterocycles. The molecule has 2 aliphatic rings. The number of benzene rings is 1. The minimum atomic E-state index is -4.89. The van der Waals surface area contributed by atoms with E-state index in [2.05, 4.69) is 15.2 Å². The van der Waals surface area contributed by atoms with Crippen LogP contribution in [0.4, 0.5) is 18.0 Å². The topological polar surface area (TPSA) is 106 Å². The quantitative estimate of drug-likeness (QED) is 0.596.